The lowest BCUT2D eigenvalue weighted by Gasteiger charge is -2.24. The Morgan fingerprint density at radius 2 is 1.93 bits per heavy atom. The molecule has 84 valence electrons. The largest absolute Gasteiger partial charge is 0.466 e. The van der Waals surface area contributed by atoms with E-state index in [-0.39, 0.29) is 19.4 Å². The summed E-state index contributed by atoms with van der Waals surface area (Å²) >= 11 is 0. The van der Waals surface area contributed by atoms with E-state index in [1.165, 1.54) is 13.8 Å². The Morgan fingerprint density at radius 3 is 2.29 bits per heavy atom. The third-order valence-corrected chi connectivity index (χ3v) is 3.84. The number of esters is 1. The molecular formula is C8H17O5P. The number of carbonyl (C=O) groups is 1. The van der Waals surface area contributed by atoms with E-state index in [0.717, 1.165) is 0 Å². The summed E-state index contributed by atoms with van der Waals surface area (Å²) < 4.78 is 15.6. The third-order valence-electron chi connectivity index (χ3n) is 2.03. The minimum absolute atomic E-state index is 0.0337. The molecule has 6 heteroatoms. The Morgan fingerprint density at radius 1 is 1.43 bits per heavy atom. The summed E-state index contributed by atoms with van der Waals surface area (Å²) in [6.07, 6.45) is 0.155. The second-order valence-electron chi connectivity index (χ2n) is 3.66. The Labute approximate surface area is 83.6 Å². The summed E-state index contributed by atoms with van der Waals surface area (Å²) in [5, 5.41) is -1.17. The molecule has 0 radical (unpaired) electrons. The lowest BCUT2D eigenvalue weighted by atomic mass is 10.1. The Balaban J connectivity index is 4.13. The highest BCUT2D eigenvalue weighted by Crippen LogP contribution is 2.52. The molecule has 0 amide bonds. The molecule has 0 bridgehead atoms. The van der Waals surface area contributed by atoms with Crippen molar-refractivity contribution in [1.82, 2.24) is 0 Å². The van der Waals surface area contributed by atoms with Gasteiger partial charge in [-0.25, -0.2) is 0 Å². The maximum absolute atomic E-state index is 11.0. The molecule has 5 nitrogen and oxygen atoms in total. The molecule has 0 spiro atoms. The van der Waals surface area contributed by atoms with Crippen molar-refractivity contribution in [3.05, 3.63) is 0 Å². The first-order valence-corrected chi connectivity index (χ1v) is 6.03. The van der Waals surface area contributed by atoms with Gasteiger partial charge in [-0.3, -0.25) is 9.36 Å². The number of hydrogen-bond acceptors (Lipinski definition) is 3. The van der Waals surface area contributed by atoms with Crippen LogP contribution in [0.5, 0.6) is 0 Å². The van der Waals surface area contributed by atoms with Crippen molar-refractivity contribution < 1.29 is 23.9 Å². The van der Waals surface area contributed by atoms with Crippen LogP contribution >= 0.6 is 7.60 Å². The van der Waals surface area contributed by atoms with Crippen LogP contribution < -0.4 is 0 Å². The van der Waals surface area contributed by atoms with E-state index in [4.69, 9.17) is 9.79 Å². The first-order valence-electron chi connectivity index (χ1n) is 4.42. The molecule has 14 heavy (non-hydrogen) atoms. The van der Waals surface area contributed by atoms with E-state index in [1.807, 2.05) is 0 Å². The Hall–Kier alpha value is -0.380. The van der Waals surface area contributed by atoms with Crippen LogP contribution in [0.1, 0.15) is 33.6 Å². The fourth-order valence-electron chi connectivity index (χ4n) is 0.787. The predicted molar refractivity (Wildman–Crippen MR) is 52.0 cm³/mol. The second kappa shape index (κ2) is 4.91. The van der Waals surface area contributed by atoms with E-state index in [0.29, 0.717) is 0 Å². The molecule has 0 saturated carbocycles. The zero-order chi connectivity index (χ0) is 11.4. The quantitative estimate of drug-likeness (QED) is 0.543. The number of hydrogen-bond donors (Lipinski definition) is 2. The van der Waals surface area contributed by atoms with Gasteiger partial charge >= 0.3 is 13.6 Å². The molecule has 0 aromatic heterocycles. The molecule has 0 heterocycles. The van der Waals surface area contributed by atoms with E-state index in [9.17, 15) is 9.36 Å². The SMILES string of the molecule is CCOC(=O)CCC(C)(C)P(=O)(O)O. The fourth-order valence-corrected chi connectivity index (χ4v) is 1.19. The standard InChI is InChI=1S/C8H17O5P/c1-4-13-7(9)5-6-8(2,3)14(10,11)12/h4-6H2,1-3H3,(H2,10,11,12). The fraction of sp³-hybridized carbons (Fsp3) is 0.875. The van der Waals surface area contributed by atoms with Crippen molar-refractivity contribution in [2.75, 3.05) is 6.61 Å². The van der Waals surface area contributed by atoms with E-state index < -0.39 is 18.7 Å². The molecule has 0 unspecified atom stereocenters. The van der Waals surface area contributed by atoms with Gasteiger partial charge in [-0.2, -0.15) is 0 Å². The molecular weight excluding hydrogens is 207 g/mol. The summed E-state index contributed by atoms with van der Waals surface area (Å²) in [7, 11) is -4.15. The van der Waals surface area contributed by atoms with Gasteiger partial charge in [-0.15, -0.1) is 0 Å². The minimum Gasteiger partial charge on any atom is -0.466 e. The van der Waals surface area contributed by atoms with Crippen LogP contribution in [0.2, 0.25) is 0 Å². The van der Waals surface area contributed by atoms with Crippen LogP contribution in [-0.4, -0.2) is 27.5 Å². The zero-order valence-corrected chi connectivity index (χ0v) is 9.58. The molecule has 0 atom stereocenters. The van der Waals surface area contributed by atoms with Crippen LogP contribution in [0.25, 0.3) is 0 Å². The summed E-state index contributed by atoms with van der Waals surface area (Å²) in [4.78, 5) is 28.8. The van der Waals surface area contributed by atoms with Crippen molar-refractivity contribution in [3.8, 4) is 0 Å². The van der Waals surface area contributed by atoms with Gasteiger partial charge in [0.15, 0.2) is 0 Å². The van der Waals surface area contributed by atoms with Crippen molar-refractivity contribution in [3.63, 3.8) is 0 Å². The maximum atomic E-state index is 11.0. The first-order chi connectivity index (χ1) is 6.20. The molecule has 2 N–H and O–H groups in total. The van der Waals surface area contributed by atoms with Gasteiger partial charge in [0, 0.05) is 6.42 Å². The Kier molecular flexibility index (Phi) is 4.78. The van der Waals surface area contributed by atoms with Crippen LogP contribution in [0, 0.1) is 0 Å². The highest BCUT2D eigenvalue weighted by molar-refractivity contribution is 7.53. The van der Waals surface area contributed by atoms with Crippen molar-refractivity contribution in [2.45, 2.75) is 38.8 Å². The summed E-state index contributed by atoms with van der Waals surface area (Å²) in [5.41, 5.74) is 0. The molecule has 0 aromatic rings. The van der Waals surface area contributed by atoms with E-state index in [2.05, 4.69) is 4.74 Å². The van der Waals surface area contributed by atoms with Crippen molar-refractivity contribution >= 4 is 13.6 Å². The lowest BCUT2D eigenvalue weighted by Crippen LogP contribution is -2.21. The molecule has 0 saturated heterocycles. The average Bonchev–Trinajstić information content (AvgIpc) is 1.99. The van der Waals surface area contributed by atoms with Crippen LogP contribution in [0.4, 0.5) is 0 Å². The van der Waals surface area contributed by atoms with Gasteiger partial charge < -0.3 is 14.5 Å². The van der Waals surface area contributed by atoms with Crippen LogP contribution in [0.3, 0.4) is 0 Å². The van der Waals surface area contributed by atoms with Crippen LogP contribution in [0.15, 0.2) is 0 Å². The average molecular weight is 224 g/mol. The molecule has 0 aliphatic heterocycles. The third kappa shape index (κ3) is 4.22. The summed E-state index contributed by atoms with van der Waals surface area (Å²) in [6, 6.07) is 0. The highest BCUT2D eigenvalue weighted by Gasteiger charge is 2.37. The topological polar surface area (TPSA) is 83.8 Å². The smallest absolute Gasteiger partial charge is 0.331 e. The molecule has 0 aliphatic rings. The molecule has 0 aromatic carbocycles. The summed E-state index contributed by atoms with van der Waals surface area (Å²) in [5.74, 6) is -0.422. The van der Waals surface area contributed by atoms with Gasteiger partial charge in [-0.05, 0) is 27.2 Å². The molecule has 0 rings (SSSR count). The number of rotatable bonds is 5. The van der Waals surface area contributed by atoms with Crippen LogP contribution in [-0.2, 0) is 14.1 Å². The Bertz CT molecular complexity index is 242. The van der Waals surface area contributed by atoms with Gasteiger partial charge in [0.1, 0.15) is 0 Å². The number of ether oxygens (including phenoxy) is 1. The highest BCUT2D eigenvalue weighted by atomic mass is 31.2. The van der Waals surface area contributed by atoms with Crippen molar-refractivity contribution in [1.29, 1.82) is 0 Å². The van der Waals surface area contributed by atoms with Gasteiger partial charge in [0.2, 0.25) is 0 Å². The van der Waals surface area contributed by atoms with Gasteiger partial charge in [-0.1, -0.05) is 0 Å². The van der Waals surface area contributed by atoms with Crippen molar-refractivity contribution in [2.24, 2.45) is 0 Å². The lowest BCUT2D eigenvalue weighted by molar-refractivity contribution is -0.143. The second-order valence-corrected chi connectivity index (χ2v) is 5.96. The normalized spacial score (nSPS) is 12.6. The monoisotopic (exact) mass is 224 g/mol. The van der Waals surface area contributed by atoms with E-state index >= 15 is 0 Å². The van der Waals surface area contributed by atoms with Gasteiger partial charge in [0.05, 0.1) is 11.8 Å². The molecule has 0 aliphatic carbocycles. The van der Waals surface area contributed by atoms with Gasteiger partial charge in [0.25, 0.3) is 0 Å². The molecule has 0 fully saturated rings. The maximum Gasteiger partial charge on any atom is 0.331 e. The zero-order valence-electron chi connectivity index (χ0n) is 8.69. The van der Waals surface area contributed by atoms with E-state index in [1.54, 1.807) is 6.92 Å². The minimum atomic E-state index is -4.15. The first kappa shape index (κ1) is 13.6. The summed E-state index contributed by atoms with van der Waals surface area (Å²) in [6.45, 7) is 4.85. The number of carbonyl (C=O) groups excluding carboxylic acids is 1. The predicted octanol–water partition coefficient (Wildman–Crippen LogP) is 1.29.